The molecule has 3 aromatic rings. The molecule has 0 aliphatic carbocycles. The molecule has 0 saturated carbocycles. The normalized spacial score (nSPS) is 14.9. The Kier molecular flexibility index (Phi) is 3.97. The number of carbonyl (C=O) groups is 1. The van der Waals surface area contributed by atoms with Crippen LogP contribution in [0.5, 0.6) is 0 Å². The number of nitrogens with zero attached hydrogens (tertiary/aromatic N) is 6. The van der Waals surface area contributed by atoms with E-state index >= 15 is 0 Å². The van der Waals surface area contributed by atoms with Gasteiger partial charge in [-0.3, -0.25) is 10.1 Å². The van der Waals surface area contributed by atoms with Crippen molar-refractivity contribution >= 4 is 55.6 Å². The first-order valence-corrected chi connectivity index (χ1v) is 9.33. The van der Waals surface area contributed by atoms with Crippen molar-refractivity contribution in [3.63, 3.8) is 0 Å². The van der Waals surface area contributed by atoms with E-state index in [4.69, 9.17) is 5.11 Å². The molecule has 26 heavy (non-hydrogen) atoms. The fraction of sp³-hybridized carbons (Fsp3) is 0.0769. The van der Waals surface area contributed by atoms with Gasteiger partial charge in [0.25, 0.3) is 4.99 Å². The number of nitro groups is 1. The van der Waals surface area contributed by atoms with Gasteiger partial charge < -0.3 is 5.11 Å². The van der Waals surface area contributed by atoms with E-state index in [0.29, 0.717) is 19.4 Å². The van der Waals surface area contributed by atoms with E-state index < -0.39 is 15.9 Å². The van der Waals surface area contributed by atoms with Gasteiger partial charge in [0.05, 0.1) is 25.6 Å². The van der Waals surface area contributed by atoms with Crippen LogP contribution in [0.1, 0.15) is 15.2 Å². The number of aromatic nitrogens is 1. The highest BCUT2D eigenvalue weighted by atomic mass is 32.2. The molecule has 0 amide bonds. The third kappa shape index (κ3) is 2.85. The Morgan fingerprint density at radius 1 is 1.19 bits per heavy atom. The number of thiazole rings is 1. The summed E-state index contributed by atoms with van der Waals surface area (Å²) in [5.41, 5.74) is 0.809. The van der Waals surface area contributed by atoms with Crippen molar-refractivity contribution in [2.75, 3.05) is 0 Å². The van der Waals surface area contributed by atoms with Crippen molar-refractivity contribution < 1.29 is 14.8 Å². The van der Waals surface area contributed by atoms with Crippen LogP contribution in [0.4, 0.5) is 5.00 Å². The Labute approximate surface area is 156 Å². The first-order chi connectivity index (χ1) is 12.5. The summed E-state index contributed by atoms with van der Waals surface area (Å²) in [4.78, 5) is 25.2. The molecule has 10 nitrogen and oxygen atoms in total. The molecule has 1 aliphatic heterocycles. The molecule has 1 aliphatic rings. The Bertz CT molecular complexity index is 1090. The highest BCUT2D eigenvalue weighted by Gasteiger charge is 2.41. The fourth-order valence-corrected chi connectivity index (χ4v) is 5.44. The summed E-state index contributed by atoms with van der Waals surface area (Å²) in [5.74, 6) is -1.02. The number of thioether (sulfide) groups is 1. The zero-order chi connectivity index (χ0) is 18.3. The quantitative estimate of drug-likeness (QED) is 0.480. The maximum atomic E-state index is 11.1. The number of rotatable bonds is 5. The second-order valence-corrected chi connectivity index (χ2v) is 8.46. The monoisotopic (exact) mass is 406 g/mol. The maximum Gasteiger partial charge on any atom is 0.335 e. The van der Waals surface area contributed by atoms with Crippen LogP contribution in [0.3, 0.4) is 0 Å². The molecule has 1 aromatic carbocycles. The minimum absolute atomic E-state index is 0.0346. The number of hydrogen-bond acceptors (Lipinski definition) is 11. The van der Waals surface area contributed by atoms with Crippen LogP contribution in [-0.4, -0.2) is 21.0 Å². The fourth-order valence-electron chi connectivity index (χ4n) is 2.17. The molecule has 3 heterocycles. The van der Waals surface area contributed by atoms with Gasteiger partial charge >= 0.3 is 11.0 Å². The summed E-state index contributed by atoms with van der Waals surface area (Å²) < 4.78 is 1.27. The molecule has 2 aromatic heterocycles. The topological polar surface area (TPSA) is 143 Å². The molecule has 0 spiro atoms. The standard InChI is InChI=1S/C13H6N6O4S3/c20-11(21)6-1-2-7-8(5-6)24-12(14-7)26-13(15-17-18-16-13)9-3-4-10(25-9)19(22)23/h1-5H,(H,20,21). The van der Waals surface area contributed by atoms with Crippen molar-refractivity contribution in [1.29, 1.82) is 0 Å². The molecule has 1 N–H and O–H groups in total. The number of benzene rings is 1. The highest BCUT2D eigenvalue weighted by Crippen LogP contribution is 2.51. The van der Waals surface area contributed by atoms with Crippen LogP contribution >= 0.6 is 34.4 Å². The van der Waals surface area contributed by atoms with E-state index in [-0.39, 0.29) is 10.6 Å². The lowest BCUT2D eigenvalue weighted by atomic mass is 10.2. The minimum Gasteiger partial charge on any atom is -0.478 e. The van der Waals surface area contributed by atoms with Gasteiger partial charge in [0.15, 0.2) is 4.34 Å². The molecule has 130 valence electrons. The van der Waals surface area contributed by atoms with Crippen molar-refractivity contribution in [3.8, 4) is 0 Å². The van der Waals surface area contributed by atoms with Gasteiger partial charge in [-0.25, -0.2) is 9.78 Å². The van der Waals surface area contributed by atoms with Crippen LogP contribution in [0.15, 0.2) is 55.3 Å². The predicted octanol–water partition coefficient (Wildman–Crippen LogP) is 4.70. The number of hydrogen-bond donors (Lipinski definition) is 1. The van der Waals surface area contributed by atoms with Gasteiger partial charge in [-0.2, -0.15) is 0 Å². The van der Waals surface area contributed by atoms with E-state index in [0.717, 1.165) is 23.1 Å². The van der Waals surface area contributed by atoms with Gasteiger partial charge in [-0.15, -0.1) is 21.6 Å². The van der Waals surface area contributed by atoms with Crippen LogP contribution in [0.25, 0.3) is 10.2 Å². The van der Waals surface area contributed by atoms with E-state index in [1.165, 1.54) is 23.5 Å². The minimum atomic E-state index is -1.26. The lowest BCUT2D eigenvalue weighted by Crippen LogP contribution is -2.11. The highest BCUT2D eigenvalue weighted by molar-refractivity contribution is 8.02. The molecular formula is C13H6N6O4S3. The van der Waals surface area contributed by atoms with Crippen molar-refractivity contribution in [2.24, 2.45) is 20.7 Å². The Morgan fingerprint density at radius 2 is 1.96 bits per heavy atom. The van der Waals surface area contributed by atoms with Crippen molar-refractivity contribution in [2.45, 2.75) is 9.33 Å². The Morgan fingerprint density at radius 3 is 2.62 bits per heavy atom. The molecule has 0 fully saturated rings. The number of aromatic carboxylic acids is 1. The SMILES string of the molecule is O=C(O)c1ccc2nc(SC3(c4ccc([N+](=O)[O-])s4)N=NN=N3)sc2c1. The number of thiophene rings is 1. The predicted molar refractivity (Wildman–Crippen MR) is 94.8 cm³/mol. The zero-order valence-electron chi connectivity index (χ0n) is 12.5. The van der Waals surface area contributed by atoms with Gasteiger partial charge in [0.1, 0.15) is 0 Å². The summed E-state index contributed by atoms with van der Waals surface area (Å²) in [6.07, 6.45) is 0. The second-order valence-electron chi connectivity index (χ2n) is 4.95. The molecule has 0 bridgehead atoms. The van der Waals surface area contributed by atoms with Crippen LogP contribution in [0, 0.1) is 10.1 Å². The van der Waals surface area contributed by atoms with Crippen molar-refractivity contribution in [1.82, 2.24) is 4.98 Å². The largest absolute Gasteiger partial charge is 0.478 e. The van der Waals surface area contributed by atoms with Gasteiger partial charge in [0, 0.05) is 6.07 Å². The van der Waals surface area contributed by atoms with Gasteiger partial charge in [-0.1, -0.05) is 11.3 Å². The van der Waals surface area contributed by atoms with E-state index in [1.807, 2.05) is 0 Å². The van der Waals surface area contributed by atoms with E-state index in [1.54, 1.807) is 18.2 Å². The lowest BCUT2D eigenvalue weighted by Gasteiger charge is -2.14. The Balaban J connectivity index is 1.72. The van der Waals surface area contributed by atoms with Crippen LogP contribution < -0.4 is 0 Å². The number of carboxylic acid groups (broad SMARTS) is 1. The van der Waals surface area contributed by atoms with Crippen molar-refractivity contribution in [3.05, 3.63) is 50.9 Å². The number of fused-ring (bicyclic) bond motifs is 1. The number of carboxylic acids is 1. The Hall–Kier alpha value is -2.77. The molecule has 0 radical (unpaired) electrons. The molecule has 0 unspecified atom stereocenters. The average Bonchev–Trinajstić information content (AvgIpc) is 3.33. The summed E-state index contributed by atoms with van der Waals surface area (Å²) >= 11 is 3.36. The van der Waals surface area contributed by atoms with Crippen LogP contribution in [0.2, 0.25) is 0 Å². The molecular weight excluding hydrogens is 400 g/mol. The summed E-state index contributed by atoms with van der Waals surface area (Å²) in [6, 6.07) is 7.59. The third-order valence-electron chi connectivity index (χ3n) is 3.34. The maximum absolute atomic E-state index is 11.1. The smallest absolute Gasteiger partial charge is 0.335 e. The second kappa shape index (κ2) is 6.19. The van der Waals surface area contributed by atoms with Gasteiger partial charge in [0.2, 0.25) is 0 Å². The summed E-state index contributed by atoms with van der Waals surface area (Å²) in [6.45, 7) is 0. The summed E-state index contributed by atoms with van der Waals surface area (Å²) in [7, 11) is 0. The molecule has 13 heteroatoms. The molecule has 4 rings (SSSR count). The summed E-state index contributed by atoms with van der Waals surface area (Å²) in [5, 5.41) is 35.2. The first-order valence-electron chi connectivity index (χ1n) is 6.88. The van der Waals surface area contributed by atoms with Crippen LogP contribution in [-0.2, 0) is 4.99 Å². The molecule has 0 atom stereocenters. The van der Waals surface area contributed by atoms with Gasteiger partial charge in [-0.05, 0) is 46.5 Å². The zero-order valence-corrected chi connectivity index (χ0v) is 14.9. The molecule has 0 saturated heterocycles. The van der Waals surface area contributed by atoms with E-state index in [2.05, 4.69) is 25.7 Å². The third-order valence-corrected chi connectivity index (χ3v) is 6.85. The lowest BCUT2D eigenvalue weighted by molar-refractivity contribution is -0.380. The first kappa shape index (κ1) is 16.7. The average molecular weight is 406 g/mol. The van der Waals surface area contributed by atoms with E-state index in [9.17, 15) is 14.9 Å².